The molecule has 106 valence electrons. The maximum Gasteiger partial charge on any atom is 0.338 e. The van der Waals surface area contributed by atoms with Crippen LogP contribution in [0.2, 0.25) is 0 Å². The summed E-state index contributed by atoms with van der Waals surface area (Å²) < 4.78 is 0. The van der Waals surface area contributed by atoms with Gasteiger partial charge in [0.05, 0.1) is 11.3 Å². The number of thioether (sulfide) groups is 1. The molecule has 0 unspecified atom stereocenters. The average molecular weight is 282 g/mol. The van der Waals surface area contributed by atoms with Crippen LogP contribution in [0.3, 0.4) is 0 Å². The Morgan fingerprint density at radius 3 is 2.47 bits per heavy atom. The van der Waals surface area contributed by atoms with E-state index in [0.717, 1.165) is 29.4 Å². The molecule has 5 heteroatoms. The Bertz CT molecular complexity index is 435. The van der Waals surface area contributed by atoms with Crippen molar-refractivity contribution in [3.63, 3.8) is 0 Å². The van der Waals surface area contributed by atoms with Gasteiger partial charge < -0.3 is 14.9 Å². The molecule has 0 radical (unpaired) electrons. The molecule has 0 fully saturated rings. The van der Waals surface area contributed by atoms with Gasteiger partial charge in [0.25, 0.3) is 0 Å². The zero-order chi connectivity index (χ0) is 14.4. The fraction of sp³-hybridized carbons (Fsp3) is 0.500. The van der Waals surface area contributed by atoms with Crippen molar-refractivity contribution in [1.82, 2.24) is 4.90 Å². The number of aromatic carboxylic acids is 1. The third-order valence-corrected chi connectivity index (χ3v) is 3.75. The maximum absolute atomic E-state index is 11.5. The largest absolute Gasteiger partial charge is 0.478 e. The van der Waals surface area contributed by atoms with Gasteiger partial charge in [-0.3, -0.25) is 0 Å². The second-order valence-electron chi connectivity index (χ2n) is 4.61. The van der Waals surface area contributed by atoms with E-state index in [1.54, 1.807) is 11.8 Å². The smallest absolute Gasteiger partial charge is 0.338 e. The van der Waals surface area contributed by atoms with Crippen LogP contribution in [0.25, 0.3) is 0 Å². The predicted molar refractivity (Wildman–Crippen MR) is 81.6 cm³/mol. The number of hydrogen-bond donors (Lipinski definition) is 1. The zero-order valence-electron chi connectivity index (χ0n) is 12.0. The molecule has 1 rings (SSSR count). The van der Waals surface area contributed by atoms with Crippen LogP contribution in [-0.2, 0) is 0 Å². The molecule has 1 aromatic rings. The van der Waals surface area contributed by atoms with Gasteiger partial charge in [0.15, 0.2) is 0 Å². The molecule has 0 saturated heterocycles. The first-order valence-corrected chi connectivity index (χ1v) is 7.30. The first-order chi connectivity index (χ1) is 8.97. The molecule has 0 heterocycles. The molecule has 0 spiro atoms. The number of anilines is 1. The van der Waals surface area contributed by atoms with Crippen LogP contribution in [0, 0.1) is 0 Å². The lowest BCUT2D eigenvalue weighted by atomic mass is 10.1. The fourth-order valence-electron chi connectivity index (χ4n) is 1.80. The van der Waals surface area contributed by atoms with E-state index in [1.165, 1.54) is 0 Å². The summed E-state index contributed by atoms with van der Waals surface area (Å²) in [5, 5.41) is 9.45. The maximum atomic E-state index is 11.5. The van der Waals surface area contributed by atoms with Crippen molar-refractivity contribution in [2.24, 2.45) is 0 Å². The molecule has 0 bridgehead atoms. The number of carboxylic acid groups (broad SMARTS) is 1. The SMILES string of the molecule is CCSc1cccc(N(C)CCN(C)C)c1C(=O)O. The number of likely N-dealkylation sites (N-methyl/N-ethyl adjacent to an activating group) is 2. The van der Waals surface area contributed by atoms with E-state index >= 15 is 0 Å². The summed E-state index contributed by atoms with van der Waals surface area (Å²) in [5.74, 6) is 0.00812. The van der Waals surface area contributed by atoms with Crippen molar-refractivity contribution >= 4 is 23.4 Å². The van der Waals surface area contributed by atoms with Gasteiger partial charge >= 0.3 is 5.97 Å². The number of carbonyl (C=O) groups is 1. The first-order valence-electron chi connectivity index (χ1n) is 6.32. The Morgan fingerprint density at radius 2 is 1.95 bits per heavy atom. The van der Waals surface area contributed by atoms with Crippen molar-refractivity contribution in [3.05, 3.63) is 23.8 Å². The molecule has 0 aliphatic rings. The standard InChI is InChI=1S/C14H22N2O2S/c1-5-19-12-8-6-7-11(13(12)14(17)18)16(4)10-9-15(2)3/h6-8H,5,9-10H2,1-4H3,(H,17,18). The van der Waals surface area contributed by atoms with Crippen LogP contribution in [0.4, 0.5) is 5.69 Å². The monoisotopic (exact) mass is 282 g/mol. The van der Waals surface area contributed by atoms with E-state index in [0.29, 0.717) is 5.56 Å². The van der Waals surface area contributed by atoms with Crippen LogP contribution in [0.5, 0.6) is 0 Å². The zero-order valence-corrected chi connectivity index (χ0v) is 12.8. The molecular weight excluding hydrogens is 260 g/mol. The van der Waals surface area contributed by atoms with Gasteiger partial charge in [0.1, 0.15) is 0 Å². The lowest BCUT2D eigenvalue weighted by Gasteiger charge is -2.24. The van der Waals surface area contributed by atoms with E-state index in [9.17, 15) is 9.90 Å². The highest BCUT2D eigenvalue weighted by molar-refractivity contribution is 7.99. The molecule has 0 aromatic heterocycles. The molecule has 0 atom stereocenters. The van der Waals surface area contributed by atoms with Gasteiger partial charge in [-0.2, -0.15) is 0 Å². The second-order valence-corrected chi connectivity index (χ2v) is 5.92. The summed E-state index contributed by atoms with van der Waals surface area (Å²) in [4.78, 5) is 16.4. The summed E-state index contributed by atoms with van der Waals surface area (Å²) >= 11 is 1.57. The Kier molecular flexibility index (Phi) is 6.18. The molecule has 1 aromatic carbocycles. The van der Waals surface area contributed by atoms with E-state index in [2.05, 4.69) is 4.90 Å². The summed E-state index contributed by atoms with van der Waals surface area (Å²) in [6, 6.07) is 5.67. The Morgan fingerprint density at radius 1 is 1.26 bits per heavy atom. The van der Waals surface area contributed by atoms with Gasteiger partial charge in [0, 0.05) is 25.0 Å². The van der Waals surface area contributed by atoms with Gasteiger partial charge in [-0.25, -0.2) is 4.79 Å². The van der Waals surface area contributed by atoms with Crippen molar-refractivity contribution in [2.45, 2.75) is 11.8 Å². The molecule has 0 aliphatic carbocycles. The third-order valence-electron chi connectivity index (χ3n) is 2.81. The Labute approximate surface area is 119 Å². The van der Waals surface area contributed by atoms with Gasteiger partial charge in [-0.1, -0.05) is 13.0 Å². The summed E-state index contributed by atoms with van der Waals surface area (Å²) in [6.45, 7) is 3.72. The van der Waals surface area contributed by atoms with Crippen LogP contribution < -0.4 is 4.90 Å². The number of carboxylic acids is 1. The topological polar surface area (TPSA) is 43.8 Å². The quantitative estimate of drug-likeness (QED) is 0.778. The Balaban J connectivity index is 3.04. The van der Waals surface area contributed by atoms with Crippen LogP contribution in [0.15, 0.2) is 23.1 Å². The van der Waals surface area contributed by atoms with Crippen molar-refractivity contribution in [2.75, 3.05) is 44.9 Å². The van der Waals surface area contributed by atoms with Gasteiger partial charge in [0.2, 0.25) is 0 Å². The van der Waals surface area contributed by atoms with E-state index in [4.69, 9.17) is 0 Å². The number of hydrogen-bond acceptors (Lipinski definition) is 4. The van der Waals surface area contributed by atoms with Crippen molar-refractivity contribution < 1.29 is 9.90 Å². The first kappa shape index (κ1) is 15.9. The molecule has 1 N–H and O–H groups in total. The minimum atomic E-state index is -0.858. The Hall–Kier alpha value is -1.20. The normalized spacial score (nSPS) is 10.8. The number of rotatable bonds is 7. The van der Waals surface area contributed by atoms with Crippen LogP contribution >= 0.6 is 11.8 Å². The minimum Gasteiger partial charge on any atom is -0.478 e. The summed E-state index contributed by atoms with van der Waals surface area (Å²) in [7, 11) is 5.95. The molecular formula is C14H22N2O2S. The van der Waals surface area contributed by atoms with E-state index in [1.807, 2.05) is 51.2 Å². The molecule has 4 nitrogen and oxygen atoms in total. The number of benzene rings is 1. The lowest BCUT2D eigenvalue weighted by molar-refractivity contribution is 0.0694. The molecule has 19 heavy (non-hydrogen) atoms. The highest BCUT2D eigenvalue weighted by atomic mass is 32.2. The van der Waals surface area contributed by atoms with E-state index in [-0.39, 0.29) is 0 Å². The fourth-order valence-corrected chi connectivity index (χ4v) is 2.62. The van der Waals surface area contributed by atoms with Gasteiger partial charge in [-0.05, 0) is 32.0 Å². The molecule has 0 amide bonds. The average Bonchev–Trinajstić information content (AvgIpc) is 2.35. The number of nitrogens with zero attached hydrogens (tertiary/aromatic N) is 2. The summed E-state index contributed by atoms with van der Waals surface area (Å²) in [5.41, 5.74) is 1.20. The molecule has 0 aliphatic heterocycles. The second kappa shape index (κ2) is 7.40. The third kappa shape index (κ3) is 4.44. The van der Waals surface area contributed by atoms with E-state index < -0.39 is 5.97 Å². The van der Waals surface area contributed by atoms with Crippen LogP contribution in [0.1, 0.15) is 17.3 Å². The minimum absolute atomic E-state index is 0.413. The van der Waals surface area contributed by atoms with Crippen molar-refractivity contribution in [1.29, 1.82) is 0 Å². The highest BCUT2D eigenvalue weighted by Crippen LogP contribution is 2.30. The van der Waals surface area contributed by atoms with Crippen LogP contribution in [-0.4, -0.2) is 56.0 Å². The predicted octanol–water partition coefficient (Wildman–Crippen LogP) is 2.49. The molecule has 0 saturated carbocycles. The van der Waals surface area contributed by atoms with Crippen molar-refractivity contribution in [3.8, 4) is 0 Å². The summed E-state index contributed by atoms with van der Waals surface area (Å²) in [6.07, 6.45) is 0. The lowest BCUT2D eigenvalue weighted by Crippen LogP contribution is -2.29. The highest BCUT2D eigenvalue weighted by Gasteiger charge is 2.18. The van der Waals surface area contributed by atoms with Gasteiger partial charge in [-0.15, -0.1) is 11.8 Å².